The Morgan fingerprint density at radius 1 is 0.946 bits per heavy atom. The van der Waals surface area contributed by atoms with E-state index in [1.54, 1.807) is 25.7 Å². The average molecular weight is 518 g/mol. The Morgan fingerprint density at radius 3 is 2.11 bits per heavy atom. The van der Waals surface area contributed by atoms with E-state index in [0.717, 1.165) is 49.7 Å². The molecular formula is C30H51N3O4. The molecule has 0 radical (unpaired) electrons. The first-order valence-electron chi connectivity index (χ1n) is 14.0. The number of unbranched alkanes of at least 4 members (excludes halogenated alkanes) is 4. The molecule has 3 amide bonds. The highest BCUT2D eigenvalue weighted by Gasteiger charge is 2.36. The molecule has 1 rings (SSSR count). The molecule has 0 heterocycles. The van der Waals surface area contributed by atoms with E-state index < -0.39 is 23.8 Å². The summed E-state index contributed by atoms with van der Waals surface area (Å²) >= 11 is 0. The zero-order valence-corrected chi connectivity index (χ0v) is 24.5. The third kappa shape index (κ3) is 12.5. The predicted octanol–water partition coefficient (Wildman–Crippen LogP) is 6.30. The Kier molecular flexibility index (Phi) is 14.3. The summed E-state index contributed by atoms with van der Waals surface area (Å²) in [5.74, 6) is -0.295. The van der Waals surface area contributed by atoms with Crippen molar-refractivity contribution in [2.75, 3.05) is 13.1 Å². The summed E-state index contributed by atoms with van der Waals surface area (Å²) < 4.78 is 5.46. The molecule has 0 saturated carbocycles. The zero-order chi connectivity index (χ0) is 28.0. The number of hydrogen-bond acceptors (Lipinski definition) is 4. The molecule has 0 aromatic heterocycles. The van der Waals surface area contributed by atoms with Crippen molar-refractivity contribution in [2.24, 2.45) is 5.92 Å². The van der Waals surface area contributed by atoms with Crippen LogP contribution < -0.4 is 10.6 Å². The topological polar surface area (TPSA) is 87.7 Å². The number of aryl methyl sites for hydroxylation is 1. The Morgan fingerprint density at radius 2 is 1.57 bits per heavy atom. The van der Waals surface area contributed by atoms with Crippen LogP contribution in [0.2, 0.25) is 0 Å². The summed E-state index contributed by atoms with van der Waals surface area (Å²) in [5.41, 5.74) is 1.17. The van der Waals surface area contributed by atoms with Gasteiger partial charge in [0.2, 0.25) is 11.8 Å². The van der Waals surface area contributed by atoms with Crippen molar-refractivity contribution in [3.05, 3.63) is 35.4 Å². The highest BCUT2D eigenvalue weighted by molar-refractivity contribution is 5.92. The normalized spacial score (nSPS) is 13.1. The number of nitrogens with zero attached hydrogens (tertiary/aromatic N) is 1. The lowest BCUT2D eigenvalue weighted by Gasteiger charge is -2.35. The van der Waals surface area contributed by atoms with Crippen molar-refractivity contribution in [3.8, 4) is 0 Å². The van der Waals surface area contributed by atoms with Crippen molar-refractivity contribution in [1.29, 1.82) is 0 Å². The maximum absolute atomic E-state index is 14.1. The van der Waals surface area contributed by atoms with Crippen LogP contribution in [0.4, 0.5) is 4.79 Å². The monoisotopic (exact) mass is 517 g/mol. The first kappa shape index (κ1) is 32.5. The van der Waals surface area contributed by atoms with Gasteiger partial charge in [0, 0.05) is 13.1 Å². The molecule has 2 unspecified atom stereocenters. The van der Waals surface area contributed by atoms with E-state index in [9.17, 15) is 14.4 Å². The zero-order valence-electron chi connectivity index (χ0n) is 24.5. The van der Waals surface area contributed by atoms with Crippen molar-refractivity contribution in [2.45, 2.75) is 118 Å². The van der Waals surface area contributed by atoms with Crippen LogP contribution in [-0.2, 0) is 14.3 Å². The van der Waals surface area contributed by atoms with Gasteiger partial charge in [0.05, 0.1) is 0 Å². The summed E-state index contributed by atoms with van der Waals surface area (Å²) in [6.45, 7) is 16.6. The highest BCUT2D eigenvalue weighted by atomic mass is 16.6. The molecule has 0 fully saturated rings. The molecule has 2 atom stereocenters. The summed E-state index contributed by atoms with van der Waals surface area (Å²) in [5, 5.41) is 5.85. The molecule has 0 aliphatic carbocycles. The average Bonchev–Trinajstić information content (AvgIpc) is 2.79. The Bertz CT molecular complexity index is 830. The summed E-state index contributed by atoms with van der Waals surface area (Å²) in [4.78, 5) is 42.1. The molecule has 37 heavy (non-hydrogen) atoms. The van der Waals surface area contributed by atoms with Crippen LogP contribution >= 0.6 is 0 Å². The van der Waals surface area contributed by atoms with E-state index in [1.807, 2.05) is 45.0 Å². The number of alkyl carbamates (subject to hydrolysis) is 1. The number of hydrogen-bond donors (Lipinski definition) is 2. The second-order valence-corrected chi connectivity index (χ2v) is 11.4. The smallest absolute Gasteiger partial charge is 0.408 e. The molecular weight excluding hydrogens is 466 g/mol. The second-order valence-electron chi connectivity index (χ2n) is 11.4. The molecule has 0 saturated heterocycles. The van der Waals surface area contributed by atoms with Crippen molar-refractivity contribution >= 4 is 17.9 Å². The Balaban J connectivity index is 3.42. The minimum atomic E-state index is -0.794. The SMILES string of the molecule is CCCCCCN(C(=O)C(CC(C)C)NC(=O)OC(C)(C)C)C(C(=O)NCCCC)c1ccc(C)cc1. The molecule has 0 spiro atoms. The summed E-state index contributed by atoms with van der Waals surface area (Å²) in [6, 6.07) is 6.20. The van der Waals surface area contributed by atoms with Crippen LogP contribution in [-0.4, -0.2) is 47.5 Å². The van der Waals surface area contributed by atoms with Crippen LogP contribution in [0.3, 0.4) is 0 Å². The van der Waals surface area contributed by atoms with Gasteiger partial charge in [-0.1, -0.05) is 83.2 Å². The van der Waals surface area contributed by atoms with E-state index in [4.69, 9.17) is 4.74 Å². The fourth-order valence-electron chi connectivity index (χ4n) is 4.12. The van der Waals surface area contributed by atoms with Crippen LogP contribution in [0.25, 0.3) is 0 Å². The maximum Gasteiger partial charge on any atom is 0.408 e. The van der Waals surface area contributed by atoms with Gasteiger partial charge < -0.3 is 20.3 Å². The third-order valence-electron chi connectivity index (χ3n) is 6.01. The van der Waals surface area contributed by atoms with Gasteiger partial charge in [0.15, 0.2) is 0 Å². The number of amides is 3. The van der Waals surface area contributed by atoms with Crippen LogP contribution in [0.1, 0.15) is 111 Å². The van der Waals surface area contributed by atoms with Crippen molar-refractivity contribution in [3.63, 3.8) is 0 Å². The highest BCUT2D eigenvalue weighted by Crippen LogP contribution is 2.25. The minimum absolute atomic E-state index is 0.155. The molecule has 7 nitrogen and oxygen atoms in total. The lowest BCUT2D eigenvalue weighted by atomic mass is 9.98. The fraction of sp³-hybridized carbons (Fsp3) is 0.700. The van der Waals surface area contributed by atoms with Gasteiger partial charge in [-0.15, -0.1) is 0 Å². The van der Waals surface area contributed by atoms with Crippen LogP contribution in [0.15, 0.2) is 24.3 Å². The molecule has 0 aliphatic heterocycles. The lowest BCUT2D eigenvalue weighted by molar-refractivity contribution is -0.143. The molecule has 210 valence electrons. The number of nitrogens with one attached hydrogen (secondary N) is 2. The predicted molar refractivity (Wildman–Crippen MR) is 150 cm³/mol. The molecule has 1 aromatic rings. The first-order valence-corrected chi connectivity index (χ1v) is 14.0. The van der Waals surface area contributed by atoms with Crippen molar-refractivity contribution < 1.29 is 19.1 Å². The Hall–Kier alpha value is -2.57. The number of benzene rings is 1. The minimum Gasteiger partial charge on any atom is -0.444 e. The van der Waals surface area contributed by atoms with Gasteiger partial charge in [0.25, 0.3) is 0 Å². The third-order valence-corrected chi connectivity index (χ3v) is 6.01. The number of rotatable bonds is 15. The summed E-state index contributed by atoms with van der Waals surface area (Å²) in [6.07, 6.45) is 5.53. The second kappa shape index (κ2) is 16.3. The van der Waals surface area contributed by atoms with Gasteiger partial charge >= 0.3 is 6.09 Å². The van der Waals surface area contributed by atoms with Gasteiger partial charge in [-0.3, -0.25) is 9.59 Å². The van der Waals surface area contributed by atoms with E-state index in [-0.39, 0.29) is 17.7 Å². The van der Waals surface area contributed by atoms with E-state index in [2.05, 4.69) is 24.5 Å². The summed E-state index contributed by atoms with van der Waals surface area (Å²) in [7, 11) is 0. The molecule has 2 N–H and O–H groups in total. The molecule has 0 bridgehead atoms. The Labute approximate surface area is 225 Å². The number of carbonyl (C=O) groups excluding carboxylic acids is 3. The van der Waals surface area contributed by atoms with E-state index >= 15 is 0 Å². The van der Waals surface area contributed by atoms with E-state index in [1.165, 1.54) is 0 Å². The number of ether oxygens (including phenoxy) is 1. The molecule has 0 aliphatic rings. The molecule has 7 heteroatoms. The van der Waals surface area contributed by atoms with Gasteiger partial charge in [-0.25, -0.2) is 4.79 Å². The molecule has 1 aromatic carbocycles. The van der Waals surface area contributed by atoms with Crippen LogP contribution in [0, 0.1) is 12.8 Å². The first-order chi connectivity index (χ1) is 17.4. The fourth-order valence-corrected chi connectivity index (χ4v) is 4.12. The standard InChI is InChI=1S/C30H51N3O4/c1-9-11-13-14-20-33(28(35)25(21-22(3)4)32-29(36)37-30(6,7)8)26(27(34)31-19-12-10-2)24-17-15-23(5)16-18-24/h15-18,22,25-26H,9-14,19-21H2,1-8H3,(H,31,34)(H,32,36). The van der Waals surface area contributed by atoms with Gasteiger partial charge in [-0.05, 0) is 58.4 Å². The maximum atomic E-state index is 14.1. The lowest BCUT2D eigenvalue weighted by Crippen LogP contribution is -2.53. The van der Waals surface area contributed by atoms with Crippen molar-refractivity contribution in [1.82, 2.24) is 15.5 Å². The van der Waals surface area contributed by atoms with Gasteiger partial charge in [-0.2, -0.15) is 0 Å². The van der Waals surface area contributed by atoms with E-state index in [0.29, 0.717) is 19.5 Å². The number of carbonyl (C=O) groups is 3. The quantitative estimate of drug-likeness (QED) is 0.267. The van der Waals surface area contributed by atoms with Gasteiger partial charge in [0.1, 0.15) is 17.7 Å². The van der Waals surface area contributed by atoms with Crippen LogP contribution in [0.5, 0.6) is 0 Å². The largest absolute Gasteiger partial charge is 0.444 e.